The van der Waals surface area contributed by atoms with Crippen molar-refractivity contribution in [2.75, 3.05) is 0 Å². The number of rotatable bonds is 3. The highest BCUT2D eigenvalue weighted by Gasteiger charge is 2.36. The topological polar surface area (TPSA) is 29.1 Å². The third kappa shape index (κ3) is 3.28. The zero-order valence-corrected chi connectivity index (χ0v) is 11.6. The predicted octanol–water partition coefficient (Wildman–Crippen LogP) is 3.35. The second-order valence-electron chi connectivity index (χ2n) is 6.14. The van der Waals surface area contributed by atoms with Gasteiger partial charge in [-0.25, -0.2) is 0 Å². The van der Waals surface area contributed by atoms with Crippen LogP contribution in [0.4, 0.5) is 13.2 Å². The van der Waals surface area contributed by atoms with Crippen molar-refractivity contribution in [1.82, 2.24) is 5.32 Å². The molecule has 2 fully saturated rings. The molecule has 2 saturated heterocycles. The lowest BCUT2D eigenvalue weighted by atomic mass is 9.86. The summed E-state index contributed by atoms with van der Waals surface area (Å²) in [7, 11) is 0. The van der Waals surface area contributed by atoms with E-state index in [1.165, 1.54) is 12.1 Å². The average molecular weight is 297 g/mol. The van der Waals surface area contributed by atoms with Gasteiger partial charge in [0.05, 0.1) is 5.56 Å². The van der Waals surface area contributed by atoms with E-state index < -0.39 is 11.7 Å². The number of Topliss-reactive ketones (excluding diaryl/α,β-unsaturated/α-hetero) is 1. The Bertz CT molecular complexity index is 511. The SMILES string of the molecule is O=C(Cc1ccc(C(F)(F)F)cc1)C1CC2CCC(C1)N2. The Balaban J connectivity index is 1.62. The van der Waals surface area contributed by atoms with E-state index in [0.717, 1.165) is 37.8 Å². The van der Waals surface area contributed by atoms with Crippen molar-refractivity contribution in [3.05, 3.63) is 35.4 Å². The highest BCUT2D eigenvalue weighted by atomic mass is 19.4. The number of hydrogen-bond donors (Lipinski definition) is 1. The molecule has 2 aliphatic rings. The standard InChI is InChI=1S/C16H18F3NO/c17-16(18,19)12-3-1-10(2-4-12)7-15(21)11-8-13-5-6-14(9-11)20-13/h1-4,11,13-14,20H,5-9H2. The van der Waals surface area contributed by atoms with Gasteiger partial charge >= 0.3 is 6.18 Å². The molecule has 0 saturated carbocycles. The van der Waals surface area contributed by atoms with E-state index in [-0.39, 0.29) is 18.1 Å². The molecule has 0 radical (unpaired) electrons. The van der Waals surface area contributed by atoms with Crippen molar-refractivity contribution in [2.24, 2.45) is 5.92 Å². The summed E-state index contributed by atoms with van der Waals surface area (Å²) >= 11 is 0. The average Bonchev–Trinajstić information content (AvgIpc) is 2.77. The molecular weight excluding hydrogens is 279 g/mol. The minimum absolute atomic E-state index is 0.0612. The summed E-state index contributed by atoms with van der Waals surface area (Å²) in [4.78, 5) is 12.3. The Morgan fingerprint density at radius 3 is 2.19 bits per heavy atom. The molecule has 0 amide bonds. The van der Waals surface area contributed by atoms with Crippen LogP contribution in [0.1, 0.15) is 36.8 Å². The largest absolute Gasteiger partial charge is 0.416 e. The van der Waals surface area contributed by atoms with Crippen molar-refractivity contribution in [3.8, 4) is 0 Å². The maximum absolute atomic E-state index is 12.5. The second-order valence-corrected chi connectivity index (χ2v) is 6.14. The van der Waals surface area contributed by atoms with Crippen LogP contribution in [0.15, 0.2) is 24.3 Å². The van der Waals surface area contributed by atoms with Crippen LogP contribution in [0, 0.1) is 5.92 Å². The minimum atomic E-state index is -4.32. The molecule has 2 atom stereocenters. The number of hydrogen-bond acceptors (Lipinski definition) is 2. The first kappa shape index (κ1) is 14.6. The van der Waals surface area contributed by atoms with Gasteiger partial charge in [-0.05, 0) is 43.4 Å². The van der Waals surface area contributed by atoms with E-state index in [0.29, 0.717) is 17.6 Å². The Labute approximate surface area is 121 Å². The summed E-state index contributed by atoms with van der Waals surface area (Å²) in [6, 6.07) is 5.83. The van der Waals surface area contributed by atoms with Gasteiger partial charge in [-0.1, -0.05) is 12.1 Å². The van der Waals surface area contributed by atoms with Crippen molar-refractivity contribution in [2.45, 2.75) is 50.4 Å². The van der Waals surface area contributed by atoms with E-state index in [1.54, 1.807) is 0 Å². The number of halogens is 3. The Hall–Kier alpha value is -1.36. The van der Waals surface area contributed by atoms with E-state index >= 15 is 0 Å². The molecule has 0 aromatic heterocycles. The molecule has 114 valence electrons. The van der Waals surface area contributed by atoms with Gasteiger partial charge in [0.1, 0.15) is 5.78 Å². The first-order valence-corrected chi connectivity index (χ1v) is 7.37. The number of alkyl halides is 3. The highest BCUT2D eigenvalue weighted by Crippen LogP contribution is 2.32. The van der Waals surface area contributed by atoms with Crippen molar-refractivity contribution in [3.63, 3.8) is 0 Å². The van der Waals surface area contributed by atoms with Crippen LogP contribution in [0.5, 0.6) is 0 Å². The number of carbonyl (C=O) groups is 1. The summed E-state index contributed by atoms with van der Waals surface area (Å²) < 4.78 is 37.5. The van der Waals surface area contributed by atoms with Gasteiger partial charge in [0, 0.05) is 24.4 Å². The number of piperidine rings is 1. The summed E-state index contributed by atoms with van der Waals surface area (Å²) in [6.07, 6.45) is -0.0750. The number of carbonyl (C=O) groups excluding carboxylic acids is 1. The normalized spacial score (nSPS) is 28.6. The lowest BCUT2D eigenvalue weighted by Gasteiger charge is -2.28. The zero-order valence-electron chi connectivity index (χ0n) is 11.6. The molecule has 0 spiro atoms. The highest BCUT2D eigenvalue weighted by molar-refractivity contribution is 5.83. The van der Waals surface area contributed by atoms with Crippen LogP contribution >= 0.6 is 0 Å². The smallest absolute Gasteiger partial charge is 0.311 e. The summed E-state index contributed by atoms with van der Waals surface area (Å²) in [6.45, 7) is 0. The van der Waals surface area contributed by atoms with Crippen LogP contribution < -0.4 is 5.32 Å². The van der Waals surface area contributed by atoms with Crippen LogP contribution in [-0.4, -0.2) is 17.9 Å². The van der Waals surface area contributed by atoms with Crippen molar-refractivity contribution >= 4 is 5.78 Å². The molecule has 5 heteroatoms. The molecule has 2 aliphatic heterocycles. The predicted molar refractivity (Wildman–Crippen MR) is 72.8 cm³/mol. The molecule has 0 aliphatic carbocycles. The maximum Gasteiger partial charge on any atom is 0.416 e. The van der Waals surface area contributed by atoms with Crippen LogP contribution in [0.2, 0.25) is 0 Å². The van der Waals surface area contributed by atoms with Gasteiger partial charge in [-0.3, -0.25) is 4.79 Å². The van der Waals surface area contributed by atoms with E-state index in [4.69, 9.17) is 0 Å². The molecule has 2 bridgehead atoms. The Morgan fingerprint density at radius 2 is 1.67 bits per heavy atom. The van der Waals surface area contributed by atoms with Gasteiger partial charge in [-0.2, -0.15) is 13.2 Å². The van der Waals surface area contributed by atoms with Gasteiger partial charge in [0.25, 0.3) is 0 Å². The maximum atomic E-state index is 12.5. The third-order valence-corrected chi connectivity index (χ3v) is 4.59. The van der Waals surface area contributed by atoms with Crippen molar-refractivity contribution < 1.29 is 18.0 Å². The number of nitrogens with one attached hydrogen (secondary N) is 1. The fraction of sp³-hybridized carbons (Fsp3) is 0.562. The molecule has 21 heavy (non-hydrogen) atoms. The van der Waals surface area contributed by atoms with Gasteiger partial charge in [0.2, 0.25) is 0 Å². The zero-order chi connectivity index (χ0) is 15.0. The fourth-order valence-electron chi connectivity index (χ4n) is 3.48. The number of ketones is 1. The molecule has 1 N–H and O–H groups in total. The first-order valence-electron chi connectivity index (χ1n) is 7.37. The molecule has 2 nitrogen and oxygen atoms in total. The molecular formula is C16H18F3NO. The number of benzene rings is 1. The molecule has 1 aromatic rings. The Kier molecular flexibility index (Phi) is 3.78. The summed E-state index contributed by atoms with van der Waals surface area (Å²) in [5.74, 6) is 0.221. The Morgan fingerprint density at radius 1 is 1.10 bits per heavy atom. The lowest BCUT2D eigenvalue weighted by molar-refractivity contribution is -0.137. The quantitative estimate of drug-likeness (QED) is 0.927. The molecule has 1 aromatic carbocycles. The van der Waals surface area contributed by atoms with Gasteiger partial charge < -0.3 is 5.32 Å². The van der Waals surface area contributed by atoms with E-state index in [2.05, 4.69) is 5.32 Å². The minimum Gasteiger partial charge on any atom is -0.311 e. The lowest BCUT2D eigenvalue weighted by Crippen LogP contribution is -2.40. The molecule has 2 heterocycles. The van der Waals surface area contributed by atoms with Crippen LogP contribution in [0.25, 0.3) is 0 Å². The van der Waals surface area contributed by atoms with Gasteiger partial charge in [0.15, 0.2) is 0 Å². The summed E-state index contributed by atoms with van der Waals surface area (Å²) in [5, 5.41) is 3.49. The molecule has 3 rings (SSSR count). The van der Waals surface area contributed by atoms with Crippen molar-refractivity contribution in [1.29, 1.82) is 0 Å². The number of fused-ring (bicyclic) bond motifs is 2. The first-order chi connectivity index (χ1) is 9.91. The third-order valence-electron chi connectivity index (χ3n) is 4.59. The van der Waals surface area contributed by atoms with Gasteiger partial charge in [-0.15, -0.1) is 0 Å². The van der Waals surface area contributed by atoms with Crippen LogP contribution in [-0.2, 0) is 17.4 Å². The van der Waals surface area contributed by atoms with Crippen LogP contribution in [0.3, 0.4) is 0 Å². The monoisotopic (exact) mass is 297 g/mol. The van der Waals surface area contributed by atoms with E-state index in [9.17, 15) is 18.0 Å². The molecule has 2 unspecified atom stereocenters. The fourth-order valence-corrected chi connectivity index (χ4v) is 3.48. The second kappa shape index (κ2) is 5.44. The van der Waals surface area contributed by atoms with E-state index in [1.807, 2.05) is 0 Å². The summed E-state index contributed by atoms with van der Waals surface area (Å²) in [5.41, 5.74) is -0.00232.